The van der Waals surface area contributed by atoms with E-state index in [0.717, 1.165) is 18.7 Å². The molecular weight excluding hydrogens is 246 g/mol. The number of aliphatic hydroxyl groups excluding tert-OH is 1. The molecule has 0 radical (unpaired) electrons. The van der Waals surface area contributed by atoms with Crippen molar-refractivity contribution >= 4 is 11.8 Å². The van der Waals surface area contributed by atoms with Crippen LogP contribution in [0.15, 0.2) is 23.1 Å². The summed E-state index contributed by atoms with van der Waals surface area (Å²) in [6.07, 6.45) is 1.11. The minimum absolute atomic E-state index is 0.193. The normalized spacial score (nSPS) is 12.4. The monoisotopic (exact) mass is 269 g/mol. The lowest BCUT2D eigenvalue weighted by Crippen LogP contribution is -2.20. The Labute approximate surface area is 114 Å². The van der Waals surface area contributed by atoms with Crippen LogP contribution in [-0.4, -0.2) is 31.1 Å². The van der Waals surface area contributed by atoms with Crippen LogP contribution in [0.25, 0.3) is 0 Å². The molecule has 0 amide bonds. The maximum atomic E-state index is 8.96. The van der Waals surface area contributed by atoms with Crippen LogP contribution in [0.5, 0.6) is 5.75 Å². The van der Waals surface area contributed by atoms with Crippen LogP contribution < -0.4 is 10.1 Å². The largest absolute Gasteiger partial charge is 0.496 e. The number of rotatable bonds is 8. The van der Waals surface area contributed by atoms with Gasteiger partial charge in [-0.25, -0.2) is 0 Å². The van der Waals surface area contributed by atoms with Gasteiger partial charge in [0.2, 0.25) is 0 Å². The Kier molecular flexibility index (Phi) is 7.16. The number of methoxy groups -OCH3 is 1. The van der Waals surface area contributed by atoms with Gasteiger partial charge in [0.1, 0.15) is 5.75 Å². The molecule has 4 heteroatoms. The molecule has 0 spiro atoms. The predicted molar refractivity (Wildman–Crippen MR) is 77.5 cm³/mol. The molecule has 18 heavy (non-hydrogen) atoms. The first-order valence-electron chi connectivity index (χ1n) is 6.38. The molecule has 0 fully saturated rings. The quantitative estimate of drug-likeness (QED) is 0.712. The fraction of sp³-hybridized carbons (Fsp3) is 0.571. The standard InChI is InChI=1S/C14H23NO2S/c1-4-8-15-11(2)14-12(17-3)6-5-7-13(14)18-10-9-16/h5-7,11,15-16H,4,8-10H2,1-3H3. The predicted octanol–water partition coefficient (Wildman–Crippen LogP) is 2.84. The Morgan fingerprint density at radius 2 is 2.22 bits per heavy atom. The third kappa shape index (κ3) is 4.19. The second-order valence-corrected chi connectivity index (χ2v) is 5.26. The summed E-state index contributed by atoms with van der Waals surface area (Å²) in [7, 11) is 1.70. The van der Waals surface area contributed by atoms with Crippen molar-refractivity contribution in [3.63, 3.8) is 0 Å². The number of thioether (sulfide) groups is 1. The van der Waals surface area contributed by atoms with E-state index < -0.39 is 0 Å². The van der Waals surface area contributed by atoms with Crippen LogP contribution in [0.4, 0.5) is 0 Å². The van der Waals surface area contributed by atoms with E-state index in [1.54, 1.807) is 18.9 Å². The van der Waals surface area contributed by atoms with Gasteiger partial charge in [0.25, 0.3) is 0 Å². The first kappa shape index (κ1) is 15.3. The molecule has 1 aromatic carbocycles. The lowest BCUT2D eigenvalue weighted by atomic mass is 10.1. The molecule has 2 N–H and O–H groups in total. The molecule has 1 unspecified atom stereocenters. The van der Waals surface area contributed by atoms with Gasteiger partial charge in [0.15, 0.2) is 0 Å². The van der Waals surface area contributed by atoms with Crippen LogP contribution in [0, 0.1) is 0 Å². The third-order valence-electron chi connectivity index (χ3n) is 2.73. The van der Waals surface area contributed by atoms with Crippen LogP contribution >= 0.6 is 11.8 Å². The molecule has 0 saturated carbocycles. The molecule has 0 saturated heterocycles. The summed E-state index contributed by atoms with van der Waals surface area (Å²) in [4.78, 5) is 1.18. The SMILES string of the molecule is CCCNC(C)c1c(OC)cccc1SCCO. The van der Waals surface area contributed by atoms with Gasteiger partial charge in [-0.2, -0.15) is 0 Å². The summed E-state index contributed by atoms with van der Waals surface area (Å²) in [5.41, 5.74) is 1.19. The van der Waals surface area contributed by atoms with Crippen molar-refractivity contribution in [2.75, 3.05) is 26.0 Å². The minimum Gasteiger partial charge on any atom is -0.496 e. The molecular formula is C14H23NO2S. The molecule has 1 atom stereocenters. The summed E-state index contributed by atoms with van der Waals surface area (Å²) >= 11 is 1.67. The van der Waals surface area contributed by atoms with E-state index in [1.807, 2.05) is 12.1 Å². The van der Waals surface area contributed by atoms with Crippen LogP contribution in [0.2, 0.25) is 0 Å². The van der Waals surface area contributed by atoms with Crippen molar-refractivity contribution in [3.8, 4) is 5.75 Å². The lowest BCUT2D eigenvalue weighted by molar-refractivity contribution is 0.322. The zero-order chi connectivity index (χ0) is 13.4. The van der Waals surface area contributed by atoms with Crippen molar-refractivity contribution in [2.45, 2.75) is 31.2 Å². The average Bonchev–Trinajstić information content (AvgIpc) is 2.41. The highest BCUT2D eigenvalue weighted by molar-refractivity contribution is 7.99. The van der Waals surface area contributed by atoms with Gasteiger partial charge in [-0.3, -0.25) is 0 Å². The number of hydrogen-bond donors (Lipinski definition) is 2. The molecule has 0 heterocycles. The third-order valence-corrected chi connectivity index (χ3v) is 3.78. The summed E-state index contributed by atoms with van der Waals surface area (Å²) in [6.45, 7) is 5.49. The molecule has 0 aliphatic heterocycles. The fourth-order valence-corrected chi connectivity index (χ4v) is 2.79. The van der Waals surface area contributed by atoms with Gasteiger partial charge >= 0.3 is 0 Å². The first-order valence-corrected chi connectivity index (χ1v) is 7.37. The van der Waals surface area contributed by atoms with Gasteiger partial charge < -0.3 is 15.2 Å². The fourth-order valence-electron chi connectivity index (χ4n) is 1.87. The molecule has 3 nitrogen and oxygen atoms in total. The van der Waals surface area contributed by atoms with Gasteiger partial charge in [-0.05, 0) is 32.0 Å². The maximum absolute atomic E-state index is 8.96. The topological polar surface area (TPSA) is 41.5 Å². The first-order chi connectivity index (χ1) is 8.74. The number of nitrogens with one attached hydrogen (secondary N) is 1. The zero-order valence-electron chi connectivity index (χ0n) is 11.4. The van der Waals surface area contributed by atoms with Crippen LogP contribution in [-0.2, 0) is 0 Å². The minimum atomic E-state index is 0.193. The van der Waals surface area contributed by atoms with Gasteiger partial charge in [0, 0.05) is 22.3 Å². The summed E-state index contributed by atoms with van der Waals surface area (Å²) in [5.74, 6) is 1.62. The Balaban J connectivity index is 2.94. The van der Waals surface area contributed by atoms with Crippen molar-refractivity contribution in [3.05, 3.63) is 23.8 Å². The highest BCUT2D eigenvalue weighted by Crippen LogP contribution is 2.34. The summed E-state index contributed by atoms with van der Waals surface area (Å²) < 4.78 is 5.45. The Morgan fingerprint density at radius 1 is 1.44 bits per heavy atom. The van der Waals surface area contributed by atoms with Gasteiger partial charge in [-0.1, -0.05) is 13.0 Å². The van der Waals surface area contributed by atoms with E-state index in [1.165, 1.54) is 10.5 Å². The number of ether oxygens (including phenoxy) is 1. The maximum Gasteiger partial charge on any atom is 0.124 e. The second kappa shape index (κ2) is 8.40. The molecule has 0 aliphatic rings. The number of hydrogen-bond acceptors (Lipinski definition) is 4. The Bertz CT molecular complexity index is 358. The molecule has 0 aliphatic carbocycles. The lowest BCUT2D eigenvalue weighted by Gasteiger charge is -2.20. The van der Waals surface area contributed by atoms with E-state index in [-0.39, 0.29) is 12.6 Å². The van der Waals surface area contributed by atoms with Crippen LogP contribution in [0.1, 0.15) is 31.9 Å². The smallest absolute Gasteiger partial charge is 0.124 e. The molecule has 0 bridgehead atoms. The molecule has 1 rings (SSSR count). The molecule has 0 aromatic heterocycles. The van der Waals surface area contributed by atoms with E-state index in [0.29, 0.717) is 5.75 Å². The summed E-state index contributed by atoms with van der Waals surface area (Å²) in [6, 6.07) is 6.32. The van der Waals surface area contributed by atoms with E-state index in [2.05, 4.69) is 25.2 Å². The second-order valence-electron chi connectivity index (χ2n) is 4.12. The van der Waals surface area contributed by atoms with Gasteiger partial charge in [-0.15, -0.1) is 11.8 Å². The van der Waals surface area contributed by atoms with Gasteiger partial charge in [0.05, 0.1) is 13.7 Å². The van der Waals surface area contributed by atoms with E-state index in [9.17, 15) is 0 Å². The van der Waals surface area contributed by atoms with Crippen molar-refractivity contribution in [1.29, 1.82) is 0 Å². The van der Waals surface area contributed by atoms with Crippen LogP contribution in [0.3, 0.4) is 0 Å². The summed E-state index contributed by atoms with van der Waals surface area (Å²) in [5, 5.41) is 12.4. The number of aliphatic hydroxyl groups is 1. The van der Waals surface area contributed by atoms with E-state index >= 15 is 0 Å². The van der Waals surface area contributed by atoms with Crippen molar-refractivity contribution < 1.29 is 9.84 Å². The average molecular weight is 269 g/mol. The van der Waals surface area contributed by atoms with Crippen molar-refractivity contribution in [2.24, 2.45) is 0 Å². The zero-order valence-corrected chi connectivity index (χ0v) is 12.2. The Hall–Kier alpha value is -0.710. The molecule has 1 aromatic rings. The highest BCUT2D eigenvalue weighted by Gasteiger charge is 2.15. The van der Waals surface area contributed by atoms with Crippen molar-refractivity contribution in [1.82, 2.24) is 5.32 Å². The molecule has 102 valence electrons. The number of benzene rings is 1. The Morgan fingerprint density at radius 3 is 2.83 bits per heavy atom. The highest BCUT2D eigenvalue weighted by atomic mass is 32.2. The van der Waals surface area contributed by atoms with E-state index in [4.69, 9.17) is 9.84 Å².